The molecule has 0 N–H and O–H groups in total. The molecule has 3 unspecified atom stereocenters. The van der Waals surface area contributed by atoms with E-state index in [9.17, 15) is 28.0 Å². The van der Waals surface area contributed by atoms with Crippen LogP contribution in [0, 0.1) is 0 Å². The Morgan fingerprint density at radius 2 is 1.78 bits per heavy atom. The lowest BCUT2D eigenvalue weighted by Gasteiger charge is -2.46. The van der Waals surface area contributed by atoms with Gasteiger partial charge in [-0.3, -0.25) is 19.2 Å². The highest BCUT2D eigenvalue weighted by Gasteiger charge is 2.51. The fourth-order valence-corrected chi connectivity index (χ4v) is 4.43. The lowest BCUT2D eigenvalue weighted by Crippen LogP contribution is -2.65. The van der Waals surface area contributed by atoms with Gasteiger partial charge in [0.05, 0.1) is 13.3 Å². The highest BCUT2D eigenvalue weighted by atomic mass is 35.5. The minimum atomic E-state index is -4.00. The van der Waals surface area contributed by atoms with Gasteiger partial charge in [0.25, 0.3) is 11.8 Å². The van der Waals surface area contributed by atoms with E-state index in [-0.39, 0.29) is 38.7 Å². The number of nitrogens with zero attached hydrogens (tertiary/aromatic N) is 3. The molecule has 176 valence electrons. The number of carbonyl (C=O) groups excluding carboxylic acids is 4. The van der Waals surface area contributed by atoms with Crippen LogP contribution < -0.4 is 0 Å². The molecule has 3 atom stereocenters. The molecule has 0 spiro atoms. The Morgan fingerprint density at radius 3 is 2.41 bits per heavy atom. The molecule has 4 rings (SSSR count). The summed E-state index contributed by atoms with van der Waals surface area (Å²) < 4.78 is 29.6. The average Bonchev–Trinajstić information content (AvgIpc) is 3.21. The molecule has 0 saturated carbocycles. The zero-order valence-corrected chi connectivity index (χ0v) is 19.9. The van der Waals surface area contributed by atoms with Gasteiger partial charge in [-0.05, 0) is 35.7 Å². The van der Waals surface area contributed by atoms with Crippen molar-refractivity contribution in [2.45, 2.75) is 36.1 Å². The lowest BCUT2D eigenvalue weighted by molar-refractivity contribution is -0.154. The number of hydrogen-bond acceptors (Lipinski definition) is 4. The Kier molecular flexibility index (Phi) is 6.86. The predicted octanol–water partition coefficient (Wildman–Crippen LogP) is 0.831. The summed E-state index contributed by atoms with van der Waals surface area (Å²) in [5.41, 5.74) is -2.03. The number of halogens is 3. The van der Waals surface area contributed by atoms with Crippen molar-refractivity contribution in [2.24, 2.45) is 0 Å². The number of carbonyl (C=O) groups is 4. The van der Waals surface area contributed by atoms with Gasteiger partial charge in [-0.15, -0.1) is 0 Å². The van der Waals surface area contributed by atoms with E-state index >= 15 is 0 Å². The van der Waals surface area contributed by atoms with Gasteiger partial charge in [-0.2, -0.15) is 8.78 Å². The Balaban J connectivity index is 1.57. The molecule has 2 heterocycles. The Bertz CT molecular complexity index is 1320. The smallest absolute Gasteiger partial charge is 0.348 e. The van der Waals surface area contributed by atoms with Crippen molar-refractivity contribution in [3.63, 3.8) is 0 Å². The monoisotopic (exact) mass is 511 g/mol. The summed E-state index contributed by atoms with van der Waals surface area (Å²) in [7, 11) is 29.2. The second-order valence-electron chi connectivity index (χ2n) is 8.79. The van der Waals surface area contributed by atoms with Gasteiger partial charge in [-0.25, -0.2) is 0 Å². The molecule has 1 fully saturated rings. The molecule has 4 amide bonds. The third-order valence-corrected chi connectivity index (χ3v) is 6.69. The molecule has 0 bridgehead atoms. The number of benzene rings is 2. The van der Waals surface area contributed by atoms with Crippen molar-refractivity contribution in [3.8, 4) is 0 Å². The summed E-state index contributed by atoms with van der Waals surface area (Å²) in [6.07, 6.45) is -0.366. The Morgan fingerprint density at radius 1 is 1.16 bits per heavy atom. The van der Waals surface area contributed by atoms with E-state index in [1.54, 1.807) is 0 Å². The van der Waals surface area contributed by atoms with Gasteiger partial charge in [0.2, 0.25) is 27.8 Å². The van der Waals surface area contributed by atoms with Crippen molar-refractivity contribution in [3.05, 3.63) is 69.7 Å². The van der Waals surface area contributed by atoms with Crippen molar-refractivity contribution < 1.29 is 28.0 Å². The van der Waals surface area contributed by atoms with Crippen LogP contribution in [0.1, 0.15) is 39.4 Å². The number of imide groups is 1. The number of amides is 4. The molecule has 15 heteroatoms. The standard InChI is InChI=1S/C22H13B5ClF2N3O4/c23-15-8-21(25,19(36)33(27)18(15)35)31-9-11-7-10(1-6-14(11)17(31)34)16(24)32(26)20(37)22(29,30)12-2-4-13(28)5-3-12/h1-7,15-16H,8-9H2. The van der Waals surface area contributed by atoms with Crippen LogP contribution in [0.25, 0.3) is 0 Å². The first kappa shape index (κ1) is 27.0. The van der Waals surface area contributed by atoms with E-state index in [0.29, 0.717) is 5.56 Å². The van der Waals surface area contributed by atoms with Gasteiger partial charge in [-0.1, -0.05) is 35.9 Å². The van der Waals surface area contributed by atoms with Gasteiger partial charge < -0.3 is 14.5 Å². The van der Waals surface area contributed by atoms with Gasteiger partial charge in [0, 0.05) is 34.5 Å². The SMILES string of the molecule is [B]C1CC([B])(N2Cc3cc(C([B])N([B])C(=O)C(F)(F)c4ccc(Cl)cc4)ccc3C2=O)C(=O)N([B])C1=O. The number of alkyl halides is 2. The van der Waals surface area contributed by atoms with Crippen LogP contribution in [0.4, 0.5) is 8.78 Å². The molecule has 2 aromatic carbocycles. The van der Waals surface area contributed by atoms with Gasteiger partial charge in [0.1, 0.15) is 15.7 Å². The summed E-state index contributed by atoms with van der Waals surface area (Å²) in [6.45, 7) is -0.203. The maximum Gasteiger partial charge on any atom is 0.348 e. The second-order valence-corrected chi connectivity index (χ2v) is 9.23. The molecule has 2 aliphatic heterocycles. The van der Waals surface area contributed by atoms with Gasteiger partial charge in [0.15, 0.2) is 0 Å². The number of rotatable bonds is 5. The van der Waals surface area contributed by atoms with Gasteiger partial charge >= 0.3 is 5.92 Å². The zero-order valence-electron chi connectivity index (χ0n) is 19.1. The predicted molar refractivity (Wildman–Crippen MR) is 133 cm³/mol. The Hall–Kier alpha value is -3.01. The molecule has 10 radical (unpaired) electrons. The normalized spacial score (nSPS) is 22.7. The first-order valence-corrected chi connectivity index (χ1v) is 11.2. The summed E-state index contributed by atoms with van der Waals surface area (Å²) in [5, 5.41) is 0.206. The van der Waals surface area contributed by atoms with E-state index in [4.69, 9.17) is 51.1 Å². The highest BCUT2D eigenvalue weighted by molar-refractivity contribution is 6.42. The van der Waals surface area contributed by atoms with Crippen molar-refractivity contribution in [1.29, 1.82) is 0 Å². The third kappa shape index (κ3) is 4.39. The molecule has 1 saturated heterocycles. The lowest BCUT2D eigenvalue weighted by atomic mass is 9.61. The van der Waals surface area contributed by atoms with Crippen LogP contribution >= 0.6 is 11.6 Å². The van der Waals surface area contributed by atoms with Crippen LogP contribution in [-0.2, 0) is 26.9 Å². The van der Waals surface area contributed by atoms with Crippen molar-refractivity contribution >= 4 is 74.7 Å². The number of piperidine rings is 1. The topological polar surface area (TPSA) is 78.0 Å². The summed E-state index contributed by atoms with van der Waals surface area (Å²) in [4.78, 5) is 51.7. The summed E-state index contributed by atoms with van der Waals surface area (Å²) in [5.74, 6) is -11.0. The van der Waals surface area contributed by atoms with E-state index < -0.39 is 52.3 Å². The molecule has 2 aliphatic rings. The fraction of sp³-hybridized carbons (Fsp3) is 0.273. The van der Waals surface area contributed by atoms with E-state index in [1.807, 2.05) is 0 Å². The van der Waals surface area contributed by atoms with Crippen LogP contribution in [-0.4, -0.2) is 83.1 Å². The first-order chi connectivity index (χ1) is 17.2. The average molecular weight is 511 g/mol. The fourth-order valence-electron chi connectivity index (χ4n) is 4.30. The molecule has 0 aliphatic carbocycles. The largest absolute Gasteiger partial charge is 0.393 e. The van der Waals surface area contributed by atoms with Crippen LogP contribution in [0.5, 0.6) is 0 Å². The zero-order chi connectivity index (χ0) is 27.4. The second kappa shape index (κ2) is 9.38. The Labute approximate surface area is 222 Å². The van der Waals surface area contributed by atoms with Crippen LogP contribution in [0.2, 0.25) is 10.8 Å². The van der Waals surface area contributed by atoms with E-state index in [2.05, 4.69) is 0 Å². The van der Waals surface area contributed by atoms with Crippen LogP contribution in [0.15, 0.2) is 42.5 Å². The molecule has 37 heavy (non-hydrogen) atoms. The molecule has 7 nitrogen and oxygen atoms in total. The number of fused-ring (bicyclic) bond motifs is 1. The van der Waals surface area contributed by atoms with Crippen LogP contribution in [0.3, 0.4) is 0 Å². The van der Waals surface area contributed by atoms with E-state index in [0.717, 1.165) is 17.0 Å². The maximum absolute atomic E-state index is 14.8. The summed E-state index contributed by atoms with van der Waals surface area (Å²) in [6, 6.07) is 8.44. The molecule has 0 aromatic heterocycles. The van der Waals surface area contributed by atoms with Crippen molar-refractivity contribution in [2.75, 3.05) is 0 Å². The highest BCUT2D eigenvalue weighted by Crippen LogP contribution is 2.38. The first-order valence-electron chi connectivity index (χ1n) is 10.8. The molecular weight excluding hydrogens is 498 g/mol. The minimum absolute atomic E-state index is 0.129. The minimum Gasteiger partial charge on any atom is -0.393 e. The van der Waals surface area contributed by atoms with Crippen molar-refractivity contribution in [1.82, 2.24) is 14.5 Å². The maximum atomic E-state index is 14.8. The molecule has 2 aromatic rings. The molecular formula is C22H13B5ClF2N3O4. The third-order valence-electron chi connectivity index (χ3n) is 6.44. The summed E-state index contributed by atoms with van der Waals surface area (Å²) >= 11 is 5.72. The quantitative estimate of drug-likeness (QED) is 0.441. The number of hydrogen-bond donors (Lipinski definition) is 0. The van der Waals surface area contributed by atoms with E-state index in [1.165, 1.54) is 30.3 Å².